The molecule has 0 aliphatic carbocycles. The summed E-state index contributed by atoms with van der Waals surface area (Å²) < 4.78 is 14.0. The average molecular weight is 342 g/mol. The zero-order valence-electron chi connectivity index (χ0n) is 11.6. The molecule has 1 N–H and O–H groups in total. The van der Waals surface area contributed by atoms with E-state index in [1.54, 1.807) is 12.1 Å². The third kappa shape index (κ3) is 3.39. The highest BCUT2D eigenvalue weighted by Gasteiger charge is 2.28. The van der Waals surface area contributed by atoms with Crippen LogP contribution in [0.5, 0.6) is 0 Å². The molecule has 2 saturated heterocycles. The fraction of sp³-hybridized carbons (Fsp3) is 0.600. The fourth-order valence-corrected chi connectivity index (χ4v) is 3.67. The smallest absolute Gasteiger partial charge is 0.124 e. The van der Waals surface area contributed by atoms with Crippen LogP contribution in [0.2, 0.25) is 0 Å². The maximum Gasteiger partial charge on any atom is 0.124 e. The van der Waals surface area contributed by atoms with Gasteiger partial charge in [0, 0.05) is 56.3 Å². The summed E-state index contributed by atoms with van der Waals surface area (Å²) in [6.45, 7) is 7.73. The number of nitrogens with one attached hydrogen (secondary N) is 1. The van der Waals surface area contributed by atoms with Crippen LogP contribution in [0.25, 0.3) is 0 Å². The van der Waals surface area contributed by atoms with Crippen molar-refractivity contribution >= 4 is 15.9 Å². The molecule has 1 aromatic carbocycles. The van der Waals surface area contributed by atoms with Crippen molar-refractivity contribution in [3.05, 3.63) is 34.1 Å². The van der Waals surface area contributed by atoms with Gasteiger partial charge in [0.15, 0.2) is 0 Å². The predicted molar refractivity (Wildman–Crippen MR) is 82.2 cm³/mol. The number of nitrogens with zero attached hydrogens (tertiary/aromatic N) is 2. The van der Waals surface area contributed by atoms with E-state index in [9.17, 15) is 4.39 Å². The second-order valence-corrected chi connectivity index (χ2v) is 6.55. The number of hydrogen-bond acceptors (Lipinski definition) is 3. The molecule has 2 aliphatic rings. The Balaban J connectivity index is 1.57. The first kappa shape index (κ1) is 14.4. The van der Waals surface area contributed by atoms with Crippen molar-refractivity contribution in [3.63, 3.8) is 0 Å². The second kappa shape index (κ2) is 6.52. The molecule has 110 valence electrons. The van der Waals surface area contributed by atoms with Gasteiger partial charge >= 0.3 is 0 Å². The van der Waals surface area contributed by atoms with Crippen molar-refractivity contribution in [2.24, 2.45) is 0 Å². The zero-order valence-corrected chi connectivity index (χ0v) is 13.2. The molecule has 0 radical (unpaired) electrons. The molecule has 5 heteroatoms. The lowest BCUT2D eigenvalue weighted by atomic mass is 10.2. The fourth-order valence-electron chi connectivity index (χ4n) is 3.19. The van der Waals surface area contributed by atoms with Crippen LogP contribution in [-0.4, -0.2) is 55.1 Å². The molecule has 1 aromatic rings. The Bertz CT molecular complexity index is 462. The predicted octanol–water partition coefficient (Wildman–Crippen LogP) is 2.07. The Morgan fingerprint density at radius 1 is 1.25 bits per heavy atom. The summed E-state index contributed by atoms with van der Waals surface area (Å²) in [7, 11) is 0. The molecule has 1 unspecified atom stereocenters. The molecule has 0 amide bonds. The summed E-state index contributed by atoms with van der Waals surface area (Å²) in [6, 6.07) is 5.68. The first-order chi connectivity index (χ1) is 9.72. The Labute approximate surface area is 128 Å². The maximum atomic E-state index is 13.1. The van der Waals surface area contributed by atoms with Gasteiger partial charge in [-0.25, -0.2) is 4.39 Å². The van der Waals surface area contributed by atoms with Crippen LogP contribution >= 0.6 is 15.9 Å². The monoisotopic (exact) mass is 341 g/mol. The summed E-state index contributed by atoms with van der Waals surface area (Å²) in [5, 5.41) is 3.40. The topological polar surface area (TPSA) is 18.5 Å². The molecule has 2 aliphatic heterocycles. The Kier molecular flexibility index (Phi) is 4.71. The molecule has 20 heavy (non-hydrogen) atoms. The van der Waals surface area contributed by atoms with Gasteiger partial charge < -0.3 is 5.32 Å². The third-order valence-electron chi connectivity index (χ3n) is 4.32. The van der Waals surface area contributed by atoms with Crippen molar-refractivity contribution in [1.29, 1.82) is 0 Å². The standard InChI is InChI=1S/C15H21BrFN3/c16-15-9-13(17)2-1-12(15)10-19-6-3-14(11-19)20-7-4-18-5-8-20/h1-2,9,14,18H,3-8,10-11H2. The third-order valence-corrected chi connectivity index (χ3v) is 5.06. The lowest BCUT2D eigenvalue weighted by Gasteiger charge is -2.32. The van der Waals surface area contributed by atoms with Crippen LogP contribution in [0.15, 0.2) is 22.7 Å². The summed E-state index contributed by atoms with van der Waals surface area (Å²) in [4.78, 5) is 5.08. The molecule has 2 fully saturated rings. The number of piperazine rings is 1. The van der Waals surface area contributed by atoms with Gasteiger partial charge in [-0.3, -0.25) is 9.80 Å². The van der Waals surface area contributed by atoms with Crippen molar-refractivity contribution < 1.29 is 4.39 Å². The van der Waals surface area contributed by atoms with Crippen LogP contribution in [-0.2, 0) is 6.54 Å². The van der Waals surface area contributed by atoms with E-state index in [4.69, 9.17) is 0 Å². The molecule has 0 spiro atoms. The van der Waals surface area contributed by atoms with Gasteiger partial charge in [0.1, 0.15) is 5.82 Å². The molecule has 1 atom stereocenters. The molecule has 0 saturated carbocycles. The molecule has 0 bridgehead atoms. The number of likely N-dealkylation sites (tertiary alicyclic amines) is 1. The van der Waals surface area contributed by atoms with E-state index in [-0.39, 0.29) is 5.82 Å². The largest absolute Gasteiger partial charge is 0.314 e. The normalized spacial score (nSPS) is 25.2. The van der Waals surface area contributed by atoms with Crippen LogP contribution < -0.4 is 5.32 Å². The number of rotatable bonds is 3. The summed E-state index contributed by atoms with van der Waals surface area (Å²) in [5.74, 6) is -0.180. The minimum atomic E-state index is -0.180. The summed E-state index contributed by atoms with van der Waals surface area (Å²) in [5.41, 5.74) is 1.17. The highest BCUT2D eigenvalue weighted by atomic mass is 79.9. The van der Waals surface area contributed by atoms with Crippen molar-refractivity contribution in [1.82, 2.24) is 15.1 Å². The maximum absolute atomic E-state index is 13.1. The van der Waals surface area contributed by atoms with E-state index in [0.717, 1.165) is 37.2 Å². The quantitative estimate of drug-likeness (QED) is 0.907. The van der Waals surface area contributed by atoms with Gasteiger partial charge in [-0.05, 0) is 24.1 Å². The lowest BCUT2D eigenvalue weighted by Crippen LogP contribution is -2.49. The van der Waals surface area contributed by atoms with E-state index >= 15 is 0 Å². The minimum absolute atomic E-state index is 0.180. The lowest BCUT2D eigenvalue weighted by molar-refractivity contribution is 0.170. The van der Waals surface area contributed by atoms with Gasteiger partial charge in [0.05, 0.1) is 0 Å². The van der Waals surface area contributed by atoms with Gasteiger partial charge in [-0.15, -0.1) is 0 Å². The molecule has 2 heterocycles. The average Bonchev–Trinajstić information content (AvgIpc) is 2.92. The summed E-state index contributed by atoms with van der Waals surface area (Å²) in [6.07, 6.45) is 1.25. The van der Waals surface area contributed by atoms with E-state index in [1.165, 1.54) is 25.1 Å². The van der Waals surface area contributed by atoms with Crippen molar-refractivity contribution in [2.75, 3.05) is 39.3 Å². The molecule has 3 nitrogen and oxygen atoms in total. The molecular formula is C15H21BrFN3. The van der Waals surface area contributed by atoms with Crippen molar-refractivity contribution in [2.45, 2.75) is 19.0 Å². The number of benzene rings is 1. The zero-order chi connectivity index (χ0) is 13.9. The van der Waals surface area contributed by atoms with E-state index in [2.05, 4.69) is 31.0 Å². The van der Waals surface area contributed by atoms with Gasteiger partial charge in [0.2, 0.25) is 0 Å². The Hall–Kier alpha value is -0.490. The van der Waals surface area contributed by atoms with E-state index in [1.807, 2.05) is 6.07 Å². The van der Waals surface area contributed by atoms with Crippen LogP contribution in [0.3, 0.4) is 0 Å². The SMILES string of the molecule is Fc1ccc(CN2CCC(N3CCNCC3)C2)c(Br)c1. The van der Waals surface area contributed by atoms with Gasteiger partial charge in [0.25, 0.3) is 0 Å². The first-order valence-electron chi connectivity index (χ1n) is 7.33. The molecule has 3 rings (SSSR count). The van der Waals surface area contributed by atoms with E-state index in [0.29, 0.717) is 6.04 Å². The molecule has 0 aromatic heterocycles. The van der Waals surface area contributed by atoms with E-state index < -0.39 is 0 Å². The molecular weight excluding hydrogens is 321 g/mol. The second-order valence-electron chi connectivity index (χ2n) is 5.70. The first-order valence-corrected chi connectivity index (χ1v) is 8.13. The van der Waals surface area contributed by atoms with Crippen LogP contribution in [0, 0.1) is 5.82 Å². The minimum Gasteiger partial charge on any atom is -0.314 e. The summed E-state index contributed by atoms with van der Waals surface area (Å²) >= 11 is 3.46. The van der Waals surface area contributed by atoms with Gasteiger partial charge in [-0.1, -0.05) is 22.0 Å². The van der Waals surface area contributed by atoms with Crippen LogP contribution in [0.4, 0.5) is 4.39 Å². The Morgan fingerprint density at radius 3 is 2.80 bits per heavy atom. The van der Waals surface area contributed by atoms with Crippen LogP contribution in [0.1, 0.15) is 12.0 Å². The Morgan fingerprint density at radius 2 is 2.05 bits per heavy atom. The highest BCUT2D eigenvalue weighted by Crippen LogP contribution is 2.23. The number of hydrogen-bond donors (Lipinski definition) is 1. The van der Waals surface area contributed by atoms with Crippen molar-refractivity contribution in [3.8, 4) is 0 Å². The van der Waals surface area contributed by atoms with Gasteiger partial charge in [-0.2, -0.15) is 0 Å². The highest BCUT2D eigenvalue weighted by molar-refractivity contribution is 9.10. The number of halogens is 2.